The number of nitrogens with zero attached hydrogens (tertiary/aromatic N) is 1. The van der Waals surface area contributed by atoms with E-state index in [-0.39, 0.29) is 5.92 Å². The van der Waals surface area contributed by atoms with Gasteiger partial charge in [0.15, 0.2) is 0 Å². The fourth-order valence-electron chi connectivity index (χ4n) is 2.62. The second kappa shape index (κ2) is 7.32. The van der Waals surface area contributed by atoms with Crippen molar-refractivity contribution in [1.29, 1.82) is 0 Å². The Hall–Kier alpha value is -1.74. The van der Waals surface area contributed by atoms with E-state index in [0.717, 1.165) is 35.2 Å². The maximum absolute atomic E-state index is 12.8. The van der Waals surface area contributed by atoms with Crippen LogP contribution in [0.25, 0.3) is 11.1 Å². The molecule has 2 N–H and O–H groups in total. The van der Waals surface area contributed by atoms with Gasteiger partial charge in [0, 0.05) is 29.4 Å². The Morgan fingerprint density at radius 3 is 2.19 bits per heavy atom. The number of nitrogens with two attached hydrogens (primary N) is 1. The predicted molar refractivity (Wildman–Crippen MR) is 86.0 cm³/mol. The minimum atomic E-state index is -0.483. The van der Waals surface area contributed by atoms with Crippen molar-refractivity contribution in [1.82, 2.24) is 4.98 Å². The fourth-order valence-corrected chi connectivity index (χ4v) is 2.62. The molecule has 0 radical (unpaired) electrons. The Balaban J connectivity index is 2.21. The minimum Gasteiger partial charge on any atom is -0.325 e. The van der Waals surface area contributed by atoms with Crippen LogP contribution in [0.2, 0.25) is 0 Å². The summed E-state index contributed by atoms with van der Waals surface area (Å²) in [6.45, 7) is 3.65. The highest BCUT2D eigenvalue weighted by Crippen LogP contribution is 2.26. The molecule has 0 fully saturated rings. The van der Waals surface area contributed by atoms with E-state index in [2.05, 4.69) is 36.2 Å². The van der Waals surface area contributed by atoms with Gasteiger partial charge in [0.1, 0.15) is 6.67 Å². The quantitative estimate of drug-likeness (QED) is 0.868. The van der Waals surface area contributed by atoms with Gasteiger partial charge >= 0.3 is 0 Å². The number of pyridine rings is 1. The smallest absolute Gasteiger partial charge is 0.105 e. The highest BCUT2D eigenvalue weighted by Gasteiger charge is 2.17. The van der Waals surface area contributed by atoms with Gasteiger partial charge < -0.3 is 5.73 Å². The van der Waals surface area contributed by atoms with Crippen molar-refractivity contribution in [2.24, 2.45) is 5.73 Å². The summed E-state index contributed by atoms with van der Waals surface area (Å²) in [6.07, 6.45) is 3.69. The number of hydrogen-bond acceptors (Lipinski definition) is 2. The number of rotatable bonds is 6. The van der Waals surface area contributed by atoms with Gasteiger partial charge in [0.05, 0.1) is 0 Å². The van der Waals surface area contributed by atoms with Gasteiger partial charge in [-0.1, -0.05) is 44.2 Å². The standard InChI is InChI=1S/C18H23FN2/c1-3-16-10-9-15(12-21-16)13-5-7-14(8-6-13)17(4-2)18(20)11-19/h5-10,12,17-18H,3-4,11,20H2,1-2H3. The Kier molecular flexibility index (Phi) is 5.45. The number of alkyl halides is 1. The van der Waals surface area contributed by atoms with Crippen LogP contribution in [0.3, 0.4) is 0 Å². The van der Waals surface area contributed by atoms with Crippen molar-refractivity contribution >= 4 is 0 Å². The van der Waals surface area contributed by atoms with E-state index < -0.39 is 12.7 Å². The van der Waals surface area contributed by atoms with Gasteiger partial charge in [-0.15, -0.1) is 0 Å². The molecule has 1 aromatic carbocycles. The minimum absolute atomic E-state index is 0.0737. The van der Waals surface area contributed by atoms with Crippen molar-refractivity contribution in [3.05, 3.63) is 53.9 Å². The first-order valence-electron chi connectivity index (χ1n) is 7.56. The number of benzene rings is 1. The first-order chi connectivity index (χ1) is 10.2. The maximum atomic E-state index is 12.8. The highest BCUT2D eigenvalue weighted by molar-refractivity contribution is 5.62. The predicted octanol–water partition coefficient (Wildman–Crippen LogP) is 4.10. The van der Waals surface area contributed by atoms with Crippen molar-refractivity contribution < 1.29 is 4.39 Å². The summed E-state index contributed by atoms with van der Waals surface area (Å²) in [5, 5.41) is 0. The highest BCUT2D eigenvalue weighted by atomic mass is 19.1. The van der Waals surface area contributed by atoms with Crippen LogP contribution in [-0.2, 0) is 6.42 Å². The lowest BCUT2D eigenvalue weighted by Gasteiger charge is -2.20. The number of halogens is 1. The average molecular weight is 286 g/mol. The molecule has 0 aliphatic carbocycles. The number of hydrogen-bond donors (Lipinski definition) is 1. The van der Waals surface area contributed by atoms with Crippen LogP contribution in [0.5, 0.6) is 0 Å². The largest absolute Gasteiger partial charge is 0.325 e. The third kappa shape index (κ3) is 3.67. The lowest BCUT2D eigenvalue weighted by Crippen LogP contribution is -2.30. The summed E-state index contributed by atoms with van der Waals surface area (Å²) in [4.78, 5) is 4.42. The molecule has 2 unspecified atom stereocenters. The molecule has 2 nitrogen and oxygen atoms in total. The summed E-state index contributed by atoms with van der Waals surface area (Å²) < 4.78 is 12.8. The Morgan fingerprint density at radius 1 is 1.05 bits per heavy atom. The molecule has 1 heterocycles. The van der Waals surface area contributed by atoms with Crippen molar-refractivity contribution in [2.75, 3.05) is 6.67 Å². The Bertz CT molecular complexity index is 548. The Labute approximate surface area is 126 Å². The molecule has 112 valence electrons. The van der Waals surface area contributed by atoms with E-state index in [0.29, 0.717) is 0 Å². The van der Waals surface area contributed by atoms with E-state index in [1.54, 1.807) is 0 Å². The van der Waals surface area contributed by atoms with Gasteiger partial charge in [0.2, 0.25) is 0 Å². The van der Waals surface area contributed by atoms with Crippen LogP contribution >= 0.6 is 0 Å². The molecule has 21 heavy (non-hydrogen) atoms. The van der Waals surface area contributed by atoms with Gasteiger partial charge in [-0.2, -0.15) is 0 Å². The SMILES string of the molecule is CCc1ccc(-c2ccc(C(CC)C(N)CF)cc2)cn1. The summed E-state index contributed by atoms with van der Waals surface area (Å²) in [6, 6.07) is 11.9. The molecular weight excluding hydrogens is 263 g/mol. The molecule has 0 bridgehead atoms. The summed E-state index contributed by atoms with van der Waals surface area (Å²) >= 11 is 0. The first-order valence-corrected chi connectivity index (χ1v) is 7.56. The molecule has 0 aliphatic heterocycles. The second-order valence-corrected chi connectivity index (χ2v) is 5.35. The molecule has 2 atom stereocenters. The fraction of sp³-hybridized carbons (Fsp3) is 0.389. The van der Waals surface area contributed by atoms with Crippen molar-refractivity contribution in [2.45, 2.75) is 38.6 Å². The lowest BCUT2D eigenvalue weighted by atomic mass is 9.89. The molecule has 0 saturated carbocycles. The summed E-state index contributed by atoms with van der Waals surface area (Å²) in [5.41, 5.74) is 10.3. The molecule has 3 heteroatoms. The average Bonchev–Trinajstić information content (AvgIpc) is 2.56. The molecule has 2 rings (SSSR count). The summed E-state index contributed by atoms with van der Waals surface area (Å²) in [7, 11) is 0. The number of aryl methyl sites for hydroxylation is 1. The van der Waals surface area contributed by atoms with Gasteiger partial charge in [-0.05, 0) is 30.0 Å². The molecule has 0 spiro atoms. The van der Waals surface area contributed by atoms with Crippen LogP contribution in [0.4, 0.5) is 4.39 Å². The summed E-state index contributed by atoms with van der Waals surface area (Å²) in [5.74, 6) is 0.0737. The zero-order chi connectivity index (χ0) is 15.2. The zero-order valence-electron chi connectivity index (χ0n) is 12.7. The van der Waals surface area contributed by atoms with E-state index in [1.807, 2.05) is 25.3 Å². The van der Waals surface area contributed by atoms with Crippen LogP contribution < -0.4 is 5.73 Å². The first kappa shape index (κ1) is 15.6. The van der Waals surface area contributed by atoms with Crippen molar-refractivity contribution in [3.63, 3.8) is 0 Å². The van der Waals surface area contributed by atoms with Crippen LogP contribution in [-0.4, -0.2) is 17.7 Å². The van der Waals surface area contributed by atoms with E-state index in [9.17, 15) is 4.39 Å². The van der Waals surface area contributed by atoms with Crippen LogP contribution in [0, 0.1) is 0 Å². The topological polar surface area (TPSA) is 38.9 Å². The van der Waals surface area contributed by atoms with Gasteiger partial charge in [0.25, 0.3) is 0 Å². The molecular formula is C18H23FN2. The van der Waals surface area contributed by atoms with Gasteiger partial charge in [-0.3, -0.25) is 4.98 Å². The van der Waals surface area contributed by atoms with Gasteiger partial charge in [-0.25, -0.2) is 4.39 Å². The third-order valence-electron chi connectivity index (χ3n) is 3.99. The molecule has 2 aromatic rings. The molecule has 1 aromatic heterocycles. The molecule has 0 saturated heterocycles. The molecule has 0 amide bonds. The zero-order valence-corrected chi connectivity index (χ0v) is 12.7. The lowest BCUT2D eigenvalue weighted by molar-refractivity contribution is 0.380. The van der Waals surface area contributed by atoms with Crippen molar-refractivity contribution in [3.8, 4) is 11.1 Å². The second-order valence-electron chi connectivity index (χ2n) is 5.35. The maximum Gasteiger partial charge on any atom is 0.105 e. The van der Waals surface area contributed by atoms with E-state index in [4.69, 9.17) is 5.73 Å². The third-order valence-corrected chi connectivity index (χ3v) is 3.99. The van der Waals surface area contributed by atoms with Crippen LogP contribution in [0.15, 0.2) is 42.6 Å². The van der Waals surface area contributed by atoms with E-state index >= 15 is 0 Å². The van der Waals surface area contributed by atoms with Crippen LogP contribution in [0.1, 0.15) is 37.4 Å². The normalized spacial score (nSPS) is 13.9. The Morgan fingerprint density at radius 2 is 1.71 bits per heavy atom. The van der Waals surface area contributed by atoms with E-state index in [1.165, 1.54) is 0 Å². The number of aromatic nitrogens is 1. The molecule has 0 aliphatic rings. The monoisotopic (exact) mass is 286 g/mol.